The van der Waals surface area contributed by atoms with E-state index in [0.717, 1.165) is 11.1 Å². The zero-order valence-corrected chi connectivity index (χ0v) is 18.9. The molecule has 1 amide bonds. The maximum atomic E-state index is 12.4. The molecule has 0 aliphatic rings. The first-order valence-electron chi connectivity index (χ1n) is 10.2. The van der Waals surface area contributed by atoms with E-state index in [1.165, 1.54) is 6.92 Å². The number of aryl methyl sites for hydroxylation is 1. The molecule has 1 aromatic heterocycles. The molecule has 1 aromatic carbocycles. The van der Waals surface area contributed by atoms with Gasteiger partial charge in [0.2, 0.25) is 0 Å². The molecule has 0 saturated carbocycles. The van der Waals surface area contributed by atoms with Crippen LogP contribution in [0.15, 0.2) is 29.1 Å². The predicted molar refractivity (Wildman–Crippen MR) is 119 cm³/mol. The standard InChI is InChI=1S/C24H29N3O4/c1-14-19(15(2)26-23(30)20(14)13-25)11-12-21(28)31-16(3)22(29)27-18-9-7-17(8-10-18)24(4,5)6/h7-10,16H,11-12H2,1-6H3,(H,26,30)(H,27,29). The molecule has 0 aliphatic carbocycles. The molecule has 2 rings (SSSR count). The zero-order valence-electron chi connectivity index (χ0n) is 18.9. The van der Waals surface area contributed by atoms with Gasteiger partial charge >= 0.3 is 5.97 Å². The first-order chi connectivity index (χ1) is 14.4. The number of aromatic nitrogens is 1. The van der Waals surface area contributed by atoms with Gasteiger partial charge in [-0.15, -0.1) is 0 Å². The van der Waals surface area contributed by atoms with Crippen LogP contribution in [0.4, 0.5) is 5.69 Å². The molecular formula is C24H29N3O4. The highest BCUT2D eigenvalue weighted by atomic mass is 16.5. The summed E-state index contributed by atoms with van der Waals surface area (Å²) in [5.41, 5.74) is 3.29. The summed E-state index contributed by atoms with van der Waals surface area (Å²) in [6.07, 6.45) is -0.636. The maximum Gasteiger partial charge on any atom is 0.306 e. The van der Waals surface area contributed by atoms with Crippen molar-refractivity contribution in [1.29, 1.82) is 5.26 Å². The molecular weight excluding hydrogens is 394 g/mol. The summed E-state index contributed by atoms with van der Waals surface area (Å²) < 4.78 is 5.26. The zero-order chi connectivity index (χ0) is 23.3. The van der Waals surface area contributed by atoms with E-state index in [1.54, 1.807) is 13.8 Å². The summed E-state index contributed by atoms with van der Waals surface area (Å²) >= 11 is 0. The Morgan fingerprint density at radius 2 is 1.81 bits per heavy atom. The van der Waals surface area contributed by atoms with Crippen molar-refractivity contribution in [1.82, 2.24) is 4.98 Å². The summed E-state index contributed by atoms with van der Waals surface area (Å²) in [4.78, 5) is 39.0. The molecule has 1 unspecified atom stereocenters. The van der Waals surface area contributed by atoms with Gasteiger partial charge in [0, 0.05) is 17.8 Å². The third kappa shape index (κ3) is 6.05. The number of nitrogens with one attached hydrogen (secondary N) is 2. The van der Waals surface area contributed by atoms with Crippen molar-refractivity contribution in [3.63, 3.8) is 0 Å². The highest BCUT2D eigenvalue weighted by molar-refractivity contribution is 5.95. The second-order valence-corrected chi connectivity index (χ2v) is 8.62. The molecule has 7 heteroatoms. The number of carbonyl (C=O) groups is 2. The first kappa shape index (κ1) is 23.9. The summed E-state index contributed by atoms with van der Waals surface area (Å²) in [6, 6.07) is 9.44. The third-order valence-electron chi connectivity index (χ3n) is 5.20. The summed E-state index contributed by atoms with van der Waals surface area (Å²) in [6.45, 7) is 11.2. The molecule has 0 saturated heterocycles. The van der Waals surface area contributed by atoms with E-state index in [9.17, 15) is 14.4 Å². The van der Waals surface area contributed by atoms with Crippen molar-refractivity contribution in [2.45, 2.75) is 65.9 Å². The Bertz CT molecular complexity index is 1070. The average molecular weight is 424 g/mol. The van der Waals surface area contributed by atoms with Gasteiger partial charge in [-0.05, 0) is 61.4 Å². The minimum atomic E-state index is -0.956. The van der Waals surface area contributed by atoms with Gasteiger partial charge in [0.15, 0.2) is 6.10 Å². The van der Waals surface area contributed by atoms with E-state index in [1.807, 2.05) is 30.3 Å². The molecule has 2 aromatic rings. The number of hydrogen-bond donors (Lipinski definition) is 2. The SMILES string of the molecule is Cc1[nH]c(=O)c(C#N)c(C)c1CCC(=O)OC(C)C(=O)Nc1ccc(C(C)(C)C)cc1. The van der Waals surface area contributed by atoms with Gasteiger partial charge in [-0.2, -0.15) is 5.26 Å². The Kier molecular flexibility index (Phi) is 7.40. The number of ether oxygens (including phenoxy) is 1. The van der Waals surface area contributed by atoms with E-state index in [-0.39, 0.29) is 17.4 Å². The average Bonchev–Trinajstić information content (AvgIpc) is 2.67. The van der Waals surface area contributed by atoms with Crippen molar-refractivity contribution in [2.24, 2.45) is 0 Å². The number of aromatic amines is 1. The van der Waals surface area contributed by atoms with E-state index in [2.05, 4.69) is 31.1 Å². The van der Waals surface area contributed by atoms with Gasteiger partial charge < -0.3 is 15.0 Å². The molecule has 0 aliphatic heterocycles. The van der Waals surface area contributed by atoms with Gasteiger partial charge in [-0.25, -0.2) is 0 Å². The molecule has 0 radical (unpaired) electrons. The van der Waals surface area contributed by atoms with Crippen molar-refractivity contribution in [3.8, 4) is 6.07 Å². The predicted octanol–water partition coefficient (Wildman–Crippen LogP) is 3.66. The number of anilines is 1. The van der Waals surface area contributed by atoms with Crippen LogP contribution in [-0.2, 0) is 26.2 Å². The van der Waals surface area contributed by atoms with Crippen molar-refractivity contribution < 1.29 is 14.3 Å². The second-order valence-electron chi connectivity index (χ2n) is 8.62. The Balaban J connectivity index is 1.95. The number of benzene rings is 1. The van der Waals surface area contributed by atoms with Crippen LogP contribution in [0.5, 0.6) is 0 Å². The molecule has 0 fully saturated rings. The van der Waals surface area contributed by atoms with Crippen molar-refractivity contribution in [2.75, 3.05) is 5.32 Å². The van der Waals surface area contributed by atoms with Crippen LogP contribution in [0.1, 0.15) is 62.1 Å². The Hall–Kier alpha value is -3.40. The van der Waals surface area contributed by atoms with Gasteiger partial charge in [0.25, 0.3) is 11.5 Å². The lowest BCUT2D eigenvalue weighted by molar-refractivity contribution is -0.153. The maximum absolute atomic E-state index is 12.4. The van der Waals surface area contributed by atoms with Gasteiger partial charge in [-0.3, -0.25) is 14.4 Å². The van der Waals surface area contributed by atoms with Crippen LogP contribution >= 0.6 is 0 Å². The van der Waals surface area contributed by atoms with Gasteiger partial charge in [-0.1, -0.05) is 32.9 Å². The minimum Gasteiger partial charge on any atom is -0.453 e. The van der Waals surface area contributed by atoms with Gasteiger partial charge in [0.1, 0.15) is 11.6 Å². The van der Waals surface area contributed by atoms with E-state index in [0.29, 0.717) is 23.4 Å². The number of hydrogen-bond acceptors (Lipinski definition) is 5. The number of esters is 1. The Labute approximate surface area is 182 Å². The minimum absolute atomic E-state index is 0.0157. The van der Waals surface area contributed by atoms with Crippen LogP contribution in [0.25, 0.3) is 0 Å². The molecule has 2 N–H and O–H groups in total. The number of carbonyl (C=O) groups excluding carboxylic acids is 2. The fraction of sp³-hybridized carbons (Fsp3) is 0.417. The highest BCUT2D eigenvalue weighted by Gasteiger charge is 2.20. The van der Waals surface area contributed by atoms with Crippen LogP contribution in [-0.4, -0.2) is 23.0 Å². The highest BCUT2D eigenvalue weighted by Crippen LogP contribution is 2.23. The summed E-state index contributed by atoms with van der Waals surface area (Å²) in [7, 11) is 0. The fourth-order valence-electron chi connectivity index (χ4n) is 3.25. The smallest absolute Gasteiger partial charge is 0.306 e. The molecule has 0 bridgehead atoms. The van der Waals surface area contributed by atoms with E-state index >= 15 is 0 Å². The quantitative estimate of drug-likeness (QED) is 0.689. The molecule has 1 atom stereocenters. The Morgan fingerprint density at radius 1 is 1.19 bits per heavy atom. The molecule has 31 heavy (non-hydrogen) atoms. The van der Waals surface area contributed by atoms with Crippen LogP contribution in [0.3, 0.4) is 0 Å². The van der Waals surface area contributed by atoms with E-state index < -0.39 is 23.5 Å². The fourth-order valence-corrected chi connectivity index (χ4v) is 3.25. The van der Waals surface area contributed by atoms with E-state index in [4.69, 9.17) is 10.00 Å². The number of nitrogens with zero attached hydrogens (tertiary/aromatic N) is 1. The molecule has 7 nitrogen and oxygen atoms in total. The third-order valence-corrected chi connectivity index (χ3v) is 5.20. The van der Waals surface area contributed by atoms with Crippen LogP contribution in [0, 0.1) is 25.2 Å². The van der Waals surface area contributed by atoms with Gasteiger partial charge in [0.05, 0.1) is 0 Å². The molecule has 164 valence electrons. The summed E-state index contributed by atoms with van der Waals surface area (Å²) in [5.74, 6) is -0.950. The lowest BCUT2D eigenvalue weighted by Gasteiger charge is -2.19. The molecule has 1 heterocycles. The number of amides is 1. The first-order valence-corrected chi connectivity index (χ1v) is 10.2. The van der Waals surface area contributed by atoms with Crippen molar-refractivity contribution in [3.05, 3.63) is 62.6 Å². The second kappa shape index (κ2) is 9.61. The number of nitriles is 1. The number of rotatable bonds is 6. The van der Waals surface area contributed by atoms with Crippen molar-refractivity contribution >= 4 is 17.6 Å². The normalized spacial score (nSPS) is 12.0. The monoisotopic (exact) mass is 423 g/mol. The molecule has 0 spiro atoms. The van der Waals surface area contributed by atoms with Crippen LogP contribution < -0.4 is 10.9 Å². The lowest BCUT2D eigenvalue weighted by atomic mass is 9.87. The van der Waals surface area contributed by atoms with Crippen LogP contribution in [0.2, 0.25) is 0 Å². The lowest BCUT2D eigenvalue weighted by Crippen LogP contribution is -2.30. The number of H-pyrrole nitrogens is 1. The topological polar surface area (TPSA) is 112 Å². The Morgan fingerprint density at radius 3 is 2.35 bits per heavy atom. The summed E-state index contributed by atoms with van der Waals surface area (Å²) in [5, 5.41) is 11.9. The number of pyridine rings is 1. The largest absolute Gasteiger partial charge is 0.453 e.